The Bertz CT molecular complexity index is 524. The van der Waals surface area contributed by atoms with Crippen LogP contribution in [0.2, 0.25) is 0 Å². The Kier molecular flexibility index (Phi) is 3.08. The molecule has 1 N–H and O–H groups in total. The molecule has 0 atom stereocenters. The molecule has 0 amide bonds. The summed E-state index contributed by atoms with van der Waals surface area (Å²) in [4.78, 5) is 10.7. The van der Waals surface area contributed by atoms with E-state index in [0.717, 1.165) is 6.07 Å². The number of carbonyl (C=O) groups is 1. The van der Waals surface area contributed by atoms with Gasteiger partial charge in [0.25, 0.3) is 9.05 Å². The van der Waals surface area contributed by atoms with Crippen LogP contribution >= 0.6 is 10.7 Å². The highest BCUT2D eigenvalue weighted by Gasteiger charge is 2.25. The number of aromatic carboxylic acids is 1. The molecule has 0 saturated carbocycles. The molecule has 1 aromatic heterocycles. The first-order valence-electron chi connectivity index (χ1n) is 4.44. The molecule has 0 aliphatic carbocycles. The minimum atomic E-state index is -3.91. The molecule has 0 saturated heterocycles. The van der Waals surface area contributed by atoms with Gasteiger partial charge in [0.15, 0.2) is 0 Å². The molecular formula is C9H12ClNO4S. The van der Waals surface area contributed by atoms with Crippen LogP contribution in [0, 0.1) is 0 Å². The SMILES string of the molecule is CC(C)(C)n1cc(S(=O)(=O)Cl)cc1C(=O)O. The Morgan fingerprint density at radius 2 is 1.94 bits per heavy atom. The van der Waals surface area contributed by atoms with Crippen LogP contribution in [-0.4, -0.2) is 24.1 Å². The maximum absolute atomic E-state index is 11.1. The van der Waals surface area contributed by atoms with Gasteiger partial charge in [-0.15, -0.1) is 0 Å². The second-order valence-corrected chi connectivity index (χ2v) is 6.91. The summed E-state index contributed by atoms with van der Waals surface area (Å²) in [5, 5.41) is 8.95. The molecule has 5 nitrogen and oxygen atoms in total. The van der Waals surface area contributed by atoms with E-state index >= 15 is 0 Å². The van der Waals surface area contributed by atoms with Crippen molar-refractivity contribution in [1.29, 1.82) is 0 Å². The summed E-state index contributed by atoms with van der Waals surface area (Å²) < 4.78 is 23.6. The van der Waals surface area contributed by atoms with Crippen molar-refractivity contribution in [3.05, 3.63) is 18.0 Å². The molecule has 1 rings (SSSR count). The highest BCUT2D eigenvalue weighted by Crippen LogP contribution is 2.24. The molecule has 0 aliphatic rings. The minimum Gasteiger partial charge on any atom is -0.477 e. The second-order valence-electron chi connectivity index (χ2n) is 4.34. The predicted octanol–water partition coefficient (Wildman–Crippen LogP) is 1.87. The number of rotatable bonds is 2. The first-order chi connectivity index (χ1) is 7.03. The van der Waals surface area contributed by atoms with Gasteiger partial charge in [0, 0.05) is 22.4 Å². The fraction of sp³-hybridized carbons (Fsp3) is 0.444. The van der Waals surface area contributed by atoms with E-state index in [2.05, 4.69) is 0 Å². The van der Waals surface area contributed by atoms with Crippen LogP contribution < -0.4 is 0 Å². The molecule has 1 heterocycles. The lowest BCUT2D eigenvalue weighted by atomic mass is 10.1. The minimum absolute atomic E-state index is 0.105. The van der Waals surface area contributed by atoms with Gasteiger partial charge in [0.05, 0.1) is 0 Å². The number of carboxylic acids is 1. The van der Waals surface area contributed by atoms with Crippen LogP contribution in [0.1, 0.15) is 31.3 Å². The monoisotopic (exact) mass is 265 g/mol. The van der Waals surface area contributed by atoms with Gasteiger partial charge in [-0.2, -0.15) is 0 Å². The summed E-state index contributed by atoms with van der Waals surface area (Å²) in [5.74, 6) is -1.19. The highest BCUT2D eigenvalue weighted by atomic mass is 35.7. The lowest BCUT2D eigenvalue weighted by Crippen LogP contribution is -2.24. The molecule has 0 aromatic carbocycles. The Morgan fingerprint density at radius 1 is 1.44 bits per heavy atom. The van der Waals surface area contributed by atoms with Crippen LogP contribution in [0.15, 0.2) is 17.2 Å². The van der Waals surface area contributed by atoms with E-state index in [9.17, 15) is 13.2 Å². The van der Waals surface area contributed by atoms with E-state index in [-0.39, 0.29) is 10.6 Å². The van der Waals surface area contributed by atoms with Gasteiger partial charge in [-0.25, -0.2) is 13.2 Å². The van der Waals surface area contributed by atoms with Crippen molar-refractivity contribution in [2.24, 2.45) is 0 Å². The first kappa shape index (κ1) is 13.1. The summed E-state index contributed by atoms with van der Waals surface area (Å²) >= 11 is 0. The number of aromatic nitrogens is 1. The Hall–Kier alpha value is -1.01. The highest BCUT2D eigenvalue weighted by molar-refractivity contribution is 8.13. The van der Waals surface area contributed by atoms with Crippen molar-refractivity contribution in [1.82, 2.24) is 4.57 Å². The predicted molar refractivity (Wildman–Crippen MR) is 59.4 cm³/mol. The zero-order valence-corrected chi connectivity index (χ0v) is 10.6. The maximum Gasteiger partial charge on any atom is 0.352 e. The topological polar surface area (TPSA) is 76.4 Å². The van der Waals surface area contributed by atoms with Gasteiger partial charge in [-0.3, -0.25) is 0 Å². The standard InChI is InChI=1S/C9H12ClNO4S/c1-9(2,3)11-5-6(16(10,14)15)4-7(11)8(12)13/h4-5H,1-3H3,(H,12,13). The molecule has 7 heteroatoms. The molecule has 16 heavy (non-hydrogen) atoms. The van der Waals surface area contributed by atoms with E-state index in [4.69, 9.17) is 15.8 Å². The molecule has 1 aromatic rings. The smallest absolute Gasteiger partial charge is 0.352 e. The summed E-state index contributed by atoms with van der Waals surface area (Å²) in [6.07, 6.45) is 1.23. The van der Waals surface area contributed by atoms with Crippen molar-refractivity contribution in [2.75, 3.05) is 0 Å². The van der Waals surface area contributed by atoms with Gasteiger partial charge >= 0.3 is 5.97 Å². The molecule has 0 radical (unpaired) electrons. The van der Waals surface area contributed by atoms with Crippen molar-refractivity contribution in [3.8, 4) is 0 Å². The van der Waals surface area contributed by atoms with Crippen LogP contribution in [-0.2, 0) is 14.6 Å². The summed E-state index contributed by atoms with van der Waals surface area (Å²) in [6.45, 7) is 5.30. The van der Waals surface area contributed by atoms with Gasteiger partial charge in [0.1, 0.15) is 10.6 Å². The Labute approximate surface area is 98.1 Å². The van der Waals surface area contributed by atoms with E-state index in [1.54, 1.807) is 20.8 Å². The largest absolute Gasteiger partial charge is 0.477 e. The van der Waals surface area contributed by atoms with Crippen molar-refractivity contribution in [2.45, 2.75) is 31.2 Å². The summed E-state index contributed by atoms with van der Waals surface area (Å²) in [7, 11) is 1.25. The van der Waals surface area contributed by atoms with Crippen molar-refractivity contribution < 1.29 is 18.3 Å². The average molecular weight is 266 g/mol. The lowest BCUT2D eigenvalue weighted by Gasteiger charge is -2.22. The van der Waals surface area contributed by atoms with Gasteiger partial charge in [-0.05, 0) is 26.8 Å². The molecule has 0 aliphatic heterocycles. The third-order valence-electron chi connectivity index (χ3n) is 2.02. The van der Waals surface area contributed by atoms with Gasteiger partial charge in [-0.1, -0.05) is 0 Å². The molecule has 90 valence electrons. The number of hydrogen-bond acceptors (Lipinski definition) is 3. The van der Waals surface area contributed by atoms with Crippen LogP contribution in [0.4, 0.5) is 0 Å². The molecule has 0 spiro atoms. The summed E-state index contributed by atoms with van der Waals surface area (Å²) in [6, 6.07) is 1.05. The zero-order valence-electron chi connectivity index (χ0n) is 9.06. The number of carboxylic acid groups (broad SMARTS) is 1. The average Bonchev–Trinajstić information content (AvgIpc) is 2.44. The molecule has 0 unspecified atom stereocenters. The van der Waals surface area contributed by atoms with E-state index in [0.29, 0.717) is 0 Å². The quantitative estimate of drug-likeness (QED) is 0.828. The zero-order chi connectivity index (χ0) is 12.7. The van der Waals surface area contributed by atoms with E-state index in [1.165, 1.54) is 10.8 Å². The second kappa shape index (κ2) is 3.78. The first-order valence-corrected chi connectivity index (χ1v) is 6.75. The number of hydrogen-bond donors (Lipinski definition) is 1. The lowest BCUT2D eigenvalue weighted by molar-refractivity contribution is 0.0678. The van der Waals surface area contributed by atoms with Gasteiger partial charge < -0.3 is 9.67 Å². The van der Waals surface area contributed by atoms with Gasteiger partial charge in [0.2, 0.25) is 0 Å². The number of nitrogens with zero attached hydrogens (tertiary/aromatic N) is 1. The van der Waals surface area contributed by atoms with Crippen molar-refractivity contribution in [3.63, 3.8) is 0 Å². The fourth-order valence-corrected chi connectivity index (χ4v) is 2.03. The van der Waals surface area contributed by atoms with Crippen LogP contribution in [0.25, 0.3) is 0 Å². The number of halogens is 1. The normalized spacial score (nSPS) is 12.8. The van der Waals surface area contributed by atoms with Crippen molar-refractivity contribution >= 4 is 25.7 Å². The molecule has 0 fully saturated rings. The maximum atomic E-state index is 11.1. The Balaban J connectivity index is 3.50. The fourth-order valence-electron chi connectivity index (χ4n) is 1.29. The molecule has 0 bridgehead atoms. The third-order valence-corrected chi connectivity index (χ3v) is 3.34. The Morgan fingerprint density at radius 3 is 2.19 bits per heavy atom. The van der Waals surface area contributed by atoms with E-state index in [1.807, 2.05) is 0 Å². The summed E-state index contributed by atoms with van der Waals surface area (Å²) in [5.41, 5.74) is -0.639. The third kappa shape index (κ3) is 2.56. The van der Waals surface area contributed by atoms with E-state index < -0.39 is 20.6 Å². The van der Waals surface area contributed by atoms with Crippen LogP contribution in [0.3, 0.4) is 0 Å². The van der Waals surface area contributed by atoms with Crippen LogP contribution in [0.5, 0.6) is 0 Å². The molecular weight excluding hydrogens is 254 g/mol.